The number of cyclic esters (lactones) is 1. The van der Waals surface area contributed by atoms with Gasteiger partial charge in [0.25, 0.3) is 17.4 Å². The van der Waals surface area contributed by atoms with Crippen molar-refractivity contribution in [1.29, 1.82) is 0 Å². The van der Waals surface area contributed by atoms with Gasteiger partial charge in [-0.25, -0.2) is 14.6 Å². The second kappa shape index (κ2) is 11.3. The molecule has 4 aliphatic rings. The number of benzene rings is 1. The number of ether oxygens (including phenoxy) is 5. The maximum atomic E-state index is 14.0. The second-order valence-electron chi connectivity index (χ2n) is 11.5. The summed E-state index contributed by atoms with van der Waals surface area (Å²) >= 11 is 0. The number of nitrogens with zero attached hydrogens (tertiary/aromatic N) is 3. The van der Waals surface area contributed by atoms with E-state index in [1.807, 2.05) is 12.1 Å². The SMILES string of the molecule is CCCCc1c2c(nc3cc4c(cc13)OCO4)-c1cc3c(c(=O)n1C2)COC(=O)[C@@]3(CC)OC(=O)OCCCN1C(=O)C=CC1=O. The summed E-state index contributed by atoms with van der Waals surface area (Å²) in [6, 6.07) is 5.48. The summed E-state index contributed by atoms with van der Waals surface area (Å²) in [5.41, 5.74) is 1.96. The summed E-state index contributed by atoms with van der Waals surface area (Å²) in [5.74, 6) is -0.449. The summed E-state index contributed by atoms with van der Waals surface area (Å²) in [7, 11) is 0. The summed E-state index contributed by atoms with van der Waals surface area (Å²) in [6.07, 6.45) is 4.01. The lowest BCUT2D eigenvalue weighted by Crippen LogP contribution is -2.47. The zero-order valence-electron chi connectivity index (χ0n) is 25.4. The van der Waals surface area contributed by atoms with Gasteiger partial charge in [-0.3, -0.25) is 19.3 Å². The lowest BCUT2D eigenvalue weighted by molar-refractivity contribution is -0.175. The Kier molecular flexibility index (Phi) is 7.25. The van der Waals surface area contributed by atoms with E-state index in [0.29, 0.717) is 34.9 Å². The number of aryl methyl sites for hydroxylation is 1. The molecule has 46 heavy (non-hydrogen) atoms. The summed E-state index contributed by atoms with van der Waals surface area (Å²) in [6.45, 7) is 3.80. The molecule has 0 spiro atoms. The first-order valence-corrected chi connectivity index (χ1v) is 15.3. The van der Waals surface area contributed by atoms with E-state index in [-0.39, 0.29) is 56.1 Å². The number of rotatable bonds is 9. The minimum absolute atomic E-state index is 0.0253. The van der Waals surface area contributed by atoms with Crippen LogP contribution in [0.5, 0.6) is 11.5 Å². The van der Waals surface area contributed by atoms with Crippen LogP contribution in [0.15, 0.2) is 35.1 Å². The Morgan fingerprint density at radius 2 is 1.74 bits per heavy atom. The second-order valence-corrected chi connectivity index (χ2v) is 11.5. The van der Waals surface area contributed by atoms with Crippen LogP contribution in [0.25, 0.3) is 22.3 Å². The molecule has 0 N–H and O–H groups in total. The van der Waals surface area contributed by atoms with Gasteiger partial charge in [0.1, 0.15) is 6.61 Å². The molecule has 13 nitrogen and oxygen atoms in total. The van der Waals surface area contributed by atoms with Crippen LogP contribution in [-0.2, 0) is 53.8 Å². The van der Waals surface area contributed by atoms with Crippen LogP contribution in [0, 0.1) is 0 Å². The molecule has 1 aromatic carbocycles. The van der Waals surface area contributed by atoms with Crippen LogP contribution in [0.2, 0.25) is 0 Å². The average molecular weight is 630 g/mol. The van der Waals surface area contributed by atoms with Gasteiger partial charge in [0.15, 0.2) is 11.5 Å². The Bertz CT molecular complexity index is 1910. The lowest BCUT2D eigenvalue weighted by atomic mass is 9.85. The number of fused-ring (bicyclic) bond motifs is 6. The molecule has 238 valence electrons. The van der Waals surface area contributed by atoms with Crippen LogP contribution >= 0.6 is 0 Å². The number of imide groups is 1. The summed E-state index contributed by atoms with van der Waals surface area (Å²) < 4.78 is 29.2. The number of carbonyl (C=O) groups is 4. The van der Waals surface area contributed by atoms with E-state index >= 15 is 0 Å². The zero-order chi connectivity index (χ0) is 32.2. The summed E-state index contributed by atoms with van der Waals surface area (Å²) in [4.78, 5) is 69.8. The van der Waals surface area contributed by atoms with E-state index in [9.17, 15) is 24.0 Å². The van der Waals surface area contributed by atoms with Crippen molar-refractivity contribution in [3.8, 4) is 22.9 Å². The molecule has 0 radical (unpaired) electrons. The van der Waals surface area contributed by atoms with E-state index in [1.54, 1.807) is 17.6 Å². The molecule has 0 bridgehead atoms. The number of esters is 1. The number of aromatic nitrogens is 2. The van der Waals surface area contributed by atoms with Crippen LogP contribution < -0.4 is 15.0 Å². The van der Waals surface area contributed by atoms with Gasteiger partial charge in [0, 0.05) is 41.3 Å². The molecule has 4 aliphatic heterocycles. The van der Waals surface area contributed by atoms with Crippen molar-refractivity contribution in [2.45, 2.75) is 64.7 Å². The molecule has 7 rings (SSSR count). The monoisotopic (exact) mass is 629 g/mol. The van der Waals surface area contributed by atoms with Crippen LogP contribution in [0.4, 0.5) is 4.79 Å². The van der Waals surface area contributed by atoms with E-state index in [4.69, 9.17) is 28.7 Å². The van der Waals surface area contributed by atoms with Gasteiger partial charge in [-0.05, 0) is 43.4 Å². The predicted molar refractivity (Wildman–Crippen MR) is 160 cm³/mol. The van der Waals surface area contributed by atoms with Crippen LogP contribution in [-0.4, -0.2) is 58.3 Å². The number of hydrogen-bond donors (Lipinski definition) is 0. The average Bonchev–Trinajstić information content (AvgIpc) is 3.75. The first kappa shape index (κ1) is 29.5. The molecule has 13 heteroatoms. The molecule has 6 heterocycles. The van der Waals surface area contributed by atoms with Crippen molar-refractivity contribution in [2.75, 3.05) is 19.9 Å². The molecule has 0 saturated heterocycles. The molecular weight excluding hydrogens is 598 g/mol. The maximum Gasteiger partial charge on any atom is 0.509 e. The minimum atomic E-state index is -1.93. The fourth-order valence-electron chi connectivity index (χ4n) is 6.55. The van der Waals surface area contributed by atoms with E-state index in [2.05, 4.69) is 6.92 Å². The minimum Gasteiger partial charge on any atom is -0.457 e. The highest BCUT2D eigenvalue weighted by Crippen LogP contribution is 2.44. The third-order valence-electron chi connectivity index (χ3n) is 8.95. The largest absolute Gasteiger partial charge is 0.509 e. The normalized spacial score (nSPS) is 18.9. The molecule has 0 aliphatic carbocycles. The van der Waals surface area contributed by atoms with E-state index in [1.165, 1.54) is 12.2 Å². The molecule has 0 fully saturated rings. The van der Waals surface area contributed by atoms with Crippen molar-refractivity contribution < 1.29 is 42.9 Å². The highest BCUT2D eigenvalue weighted by molar-refractivity contribution is 6.12. The van der Waals surface area contributed by atoms with Crippen molar-refractivity contribution >= 4 is 34.8 Å². The molecule has 2 amide bonds. The Morgan fingerprint density at radius 3 is 2.48 bits per heavy atom. The maximum absolute atomic E-state index is 14.0. The summed E-state index contributed by atoms with van der Waals surface area (Å²) in [5, 5.41) is 0.935. The van der Waals surface area contributed by atoms with Gasteiger partial charge in [-0.2, -0.15) is 0 Å². The number of unbranched alkanes of at least 4 members (excludes halogenated alkanes) is 1. The Morgan fingerprint density at radius 1 is 0.978 bits per heavy atom. The van der Waals surface area contributed by atoms with Gasteiger partial charge in [-0.1, -0.05) is 20.3 Å². The fraction of sp³-hybridized carbons (Fsp3) is 0.394. The van der Waals surface area contributed by atoms with Gasteiger partial charge >= 0.3 is 12.1 Å². The Labute approximate surface area is 262 Å². The lowest BCUT2D eigenvalue weighted by Gasteiger charge is -2.35. The predicted octanol–water partition coefficient (Wildman–Crippen LogP) is 3.63. The quantitative estimate of drug-likeness (QED) is 0.152. The van der Waals surface area contributed by atoms with Crippen molar-refractivity contribution in [2.24, 2.45) is 0 Å². The molecule has 0 saturated carbocycles. The third kappa shape index (κ3) is 4.60. The first-order valence-electron chi connectivity index (χ1n) is 15.3. The number of carbonyl (C=O) groups excluding carboxylic acids is 4. The highest BCUT2D eigenvalue weighted by atomic mass is 16.7. The highest BCUT2D eigenvalue weighted by Gasteiger charge is 2.51. The number of amides is 2. The van der Waals surface area contributed by atoms with E-state index in [0.717, 1.165) is 40.7 Å². The van der Waals surface area contributed by atoms with E-state index < -0.39 is 29.5 Å². The van der Waals surface area contributed by atoms with Gasteiger partial charge < -0.3 is 28.3 Å². The molecule has 2 aromatic heterocycles. The third-order valence-corrected chi connectivity index (χ3v) is 8.95. The van der Waals surface area contributed by atoms with Crippen molar-refractivity contribution in [3.63, 3.8) is 0 Å². The van der Waals surface area contributed by atoms with Gasteiger partial charge in [-0.15, -0.1) is 0 Å². The fourth-order valence-corrected chi connectivity index (χ4v) is 6.55. The smallest absolute Gasteiger partial charge is 0.457 e. The molecule has 0 unspecified atom stereocenters. The standard InChI is InChI=1S/C33H31N3O10/c1-3-5-7-18-19-12-25-26(45-17-44-25)14-23(19)34-29-20(18)15-36-24(29)13-22-21(30(36)39)16-43-31(40)33(22,4-2)46-32(41)42-11-6-10-35-27(37)8-9-28(35)38/h8-9,12-14H,3-7,10-11,15-17H2,1-2H3/t33-/m0/s1. The molecule has 1 atom stereocenters. The Hall–Kier alpha value is -5.20. The van der Waals surface area contributed by atoms with Crippen LogP contribution in [0.1, 0.15) is 61.8 Å². The van der Waals surface area contributed by atoms with Crippen molar-refractivity contribution in [3.05, 3.63) is 63.0 Å². The first-order chi connectivity index (χ1) is 22.3. The topological polar surface area (TPSA) is 153 Å². The van der Waals surface area contributed by atoms with Crippen LogP contribution in [0.3, 0.4) is 0 Å². The number of hydrogen-bond acceptors (Lipinski definition) is 11. The van der Waals surface area contributed by atoms with Gasteiger partial charge in [0.05, 0.1) is 35.6 Å². The Balaban J connectivity index is 1.23. The molecule has 3 aromatic rings. The zero-order valence-corrected chi connectivity index (χ0v) is 25.4. The number of pyridine rings is 2. The van der Waals surface area contributed by atoms with Crippen molar-refractivity contribution in [1.82, 2.24) is 14.5 Å². The molecular formula is C33H31N3O10. The van der Waals surface area contributed by atoms with Gasteiger partial charge in [0.2, 0.25) is 12.4 Å².